The molecule has 0 unspecified atom stereocenters. The average molecular weight is 304 g/mol. The van der Waals surface area contributed by atoms with Crippen LogP contribution in [0.2, 0.25) is 0 Å². The van der Waals surface area contributed by atoms with Crippen LogP contribution in [0.3, 0.4) is 0 Å². The fraction of sp³-hybridized carbons (Fsp3) is 0.133. The second-order valence-corrected chi connectivity index (χ2v) is 6.55. The molecule has 2 amide bonds. The van der Waals surface area contributed by atoms with Crippen LogP contribution in [0.5, 0.6) is 0 Å². The first-order chi connectivity index (χ1) is 9.91. The van der Waals surface area contributed by atoms with Crippen LogP contribution in [0.25, 0.3) is 0 Å². The van der Waals surface area contributed by atoms with Gasteiger partial charge >= 0.3 is 6.03 Å². The number of anilines is 1. The number of nitrogens with zero attached hydrogens (tertiary/aromatic N) is 1. The van der Waals surface area contributed by atoms with Crippen molar-refractivity contribution in [2.24, 2.45) is 0 Å². The smallest absolute Gasteiger partial charge is 0.307 e. The molecule has 21 heavy (non-hydrogen) atoms. The number of amides is 2. The number of carbonyl (C=O) groups is 1. The number of hydrogen-bond acceptors (Lipinski definition) is 3. The van der Waals surface area contributed by atoms with E-state index in [0.717, 1.165) is 5.56 Å². The third kappa shape index (κ3) is 3.41. The molecule has 0 fully saturated rings. The maximum Gasteiger partial charge on any atom is 0.335 e. The Morgan fingerprint density at radius 1 is 1.00 bits per heavy atom. The Bertz CT molecular complexity index is 725. The zero-order valence-corrected chi connectivity index (χ0v) is 12.6. The van der Waals surface area contributed by atoms with Crippen molar-refractivity contribution in [3.63, 3.8) is 0 Å². The van der Waals surface area contributed by atoms with Gasteiger partial charge in [0.1, 0.15) is 0 Å². The van der Waals surface area contributed by atoms with E-state index in [1.807, 2.05) is 13.0 Å². The summed E-state index contributed by atoms with van der Waals surface area (Å²) in [6.07, 6.45) is 0. The first kappa shape index (κ1) is 15.1. The minimum Gasteiger partial charge on any atom is -0.307 e. The van der Waals surface area contributed by atoms with Crippen molar-refractivity contribution in [1.29, 1.82) is 0 Å². The van der Waals surface area contributed by atoms with Gasteiger partial charge in [-0.15, -0.1) is 0 Å². The summed E-state index contributed by atoms with van der Waals surface area (Å²) in [5.74, 6) is 0. The second kappa shape index (κ2) is 5.97. The summed E-state index contributed by atoms with van der Waals surface area (Å²) in [6, 6.07) is 14.3. The van der Waals surface area contributed by atoms with Gasteiger partial charge in [0.2, 0.25) is 0 Å². The SMILES string of the molecule is Cc1ccc(S(=O)(=O)N(C)C(=O)Nc2ccccc2)cc1. The van der Waals surface area contributed by atoms with Crippen LogP contribution in [0.1, 0.15) is 5.56 Å². The van der Waals surface area contributed by atoms with E-state index in [9.17, 15) is 13.2 Å². The molecule has 0 saturated heterocycles. The Labute approximate surface area is 124 Å². The highest BCUT2D eigenvalue weighted by molar-refractivity contribution is 7.89. The maximum absolute atomic E-state index is 12.3. The minimum atomic E-state index is -3.85. The van der Waals surface area contributed by atoms with E-state index in [4.69, 9.17) is 0 Å². The maximum atomic E-state index is 12.3. The standard InChI is InChI=1S/C15H16N2O3S/c1-12-8-10-14(11-9-12)21(19,20)17(2)15(18)16-13-6-4-3-5-7-13/h3-11H,1-2H3,(H,16,18). The van der Waals surface area contributed by atoms with Gasteiger partial charge in [0.25, 0.3) is 10.0 Å². The van der Waals surface area contributed by atoms with Crippen LogP contribution >= 0.6 is 0 Å². The van der Waals surface area contributed by atoms with Gasteiger partial charge in [0, 0.05) is 12.7 Å². The summed E-state index contributed by atoms with van der Waals surface area (Å²) in [6.45, 7) is 1.86. The highest BCUT2D eigenvalue weighted by Gasteiger charge is 2.25. The number of sulfonamides is 1. The van der Waals surface area contributed by atoms with E-state index < -0.39 is 16.1 Å². The number of hydrogen-bond donors (Lipinski definition) is 1. The molecule has 0 heterocycles. The van der Waals surface area contributed by atoms with Crippen molar-refractivity contribution in [1.82, 2.24) is 4.31 Å². The van der Waals surface area contributed by atoms with Crippen molar-refractivity contribution in [2.45, 2.75) is 11.8 Å². The molecule has 0 aliphatic carbocycles. The van der Waals surface area contributed by atoms with Crippen molar-refractivity contribution in [3.05, 3.63) is 60.2 Å². The molecule has 5 nitrogen and oxygen atoms in total. The van der Waals surface area contributed by atoms with E-state index in [0.29, 0.717) is 9.99 Å². The van der Waals surface area contributed by atoms with Crippen LogP contribution in [0.15, 0.2) is 59.5 Å². The highest BCUT2D eigenvalue weighted by atomic mass is 32.2. The number of nitrogens with one attached hydrogen (secondary N) is 1. The van der Waals surface area contributed by atoms with Crippen molar-refractivity contribution in [2.75, 3.05) is 12.4 Å². The van der Waals surface area contributed by atoms with E-state index in [2.05, 4.69) is 5.32 Å². The normalized spacial score (nSPS) is 11.0. The Morgan fingerprint density at radius 2 is 1.57 bits per heavy atom. The van der Waals surface area contributed by atoms with Gasteiger partial charge in [-0.1, -0.05) is 35.9 Å². The summed E-state index contributed by atoms with van der Waals surface area (Å²) in [5, 5.41) is 2.54. The summed E-state index contributed by atoms with van der Waals surface area (Å²) in [7, 11) is -2.62. The van der Waals surface area contributed by atoms with Gasteiger partial charge in [0.15, 0.2) is 0 Å². The molecule has 0 saturated carbocycles. The average Bonchev–Trinajstić information content (AvgIpc) is 2.48. The van der Waals surface area contributed by atoms with Gasteiger partial charge in [-0.05, 0) is 31.2 Å². The Balaban J connectivity index is 2.20. The van der Waals surface area contributed by atoms with Crippen molar-refractivity contribution >= 4 is 21.7 Å². The predicted molar refractivity (Wildman–Crippen MR) is 81.6 cm³/mol. The Morgan fingerprint density at radius 3 is 2.14 bits per heavy atom. The van der Waals surface area contributed by atoms with E-state index in [1.165, 1.54) is 19.2 Å². The summed E-state index contributed by atoms with van der Waals surface area (Å²) < 4.78 is 25.4. The number of carbonyl (C=O) groups excluding carboxylic acids is 1. The molecule has 2 aromatic rings. The molecular formula is C15H16N2O3S. The Hall–Kier alpha value is -2.34. The predicted octanol–water partition coefficient (Wildman–Crippen LogP) is 2.85. The van der Waals surface area contributed by atoms with Crippen molar-refractivity contribution in [3.8, 4) is 0 Å². The molecule has 1 N–H and O–H groups in total. The van der Waals surface area contributed by atoms with Crippen LogP contribution in [0, 0.1) is 6.92 Å². The lowest BCUT2D eigenvalue weighted by Crippen LogP contribution is -2.36. The monoisotopic (exact) mass is 304 g/mol. The molecule has 0 bridgehead atoms. The topological polar surface area (TPSA) is 66.5 Å². The number of urea groups is 1. The van der Waals surface area contributed by atoms with Crippen LogP contribution in [0.4, 0.5) is 10.5 Å². The molecule has 0 aromatic heterocycles. The molecule has 0 aliphatic heterocycles. The number of rotatable bonds is 3. The van der Waals surface area contributed by atoms with Gasteiger partial charge < -0.3 is 5.32 Å². The molecule has 6 heteroatoms. The number of benzene rings is 2. The molecule has 0 spiro atoms. The fourth-order valence-corrected chi connectivity index (χ4v) is 2.76. The lowest BCUT2D eigenvalue weighted by Gasteiger charge is -2.18. The largest absolute Gasteiger partial charge is 0.335 e. The van der Waals surface area contributed by atoms with E-state index >= 15 is 0 Å². The third-order valence-corrected chi connectivity index (χ3v) is 4.75. The second-order valence-electron chi connectivity index (χ2n) is 4.58. The van der Waals surface area contributed by atoms with Crippen molar-refractivity contribution < 1.29 is 13.2 Å². The molecule has 0 radical (unpaired) electrons. The quantitative estimate of drug-likeness (QED) is 0.948. The molecular weight excluding hydrogens is 288 g/mol. The first-order valence-electron chi connectivity index (χ1n) is 6.33. The fourth-order valence-electron chi connectivity index (χ4n) is 1.70. The van der Waals surface area contributed by atoms with Crippen LogP contribution in [-0.4, -0.2) is 25.8 Å². The van der Waals surface area contributed by atoms with Gasteiger partial charge in [-0.2, -0.15) is 0 Å². The third-order valence-electron chi connectivity index (χ3n) is 2.99. The van der Waals surface area contributed by atoms with Gasteiger partial charge in [-0.3, -0.25) is 0 Å². The summed E-state index contributed by atoms with van der Waals surface area (Å²) in [4.78, 5) is 12.1. The summed E-state index contributed by atoms with van der Waals surface area (Å²) in [5.41, 5.74) is 1.48. The van der Waals surface area contributed by atoms with Crippen LogP contribution < -0.4 is 5.32 Å². The van der Waals surface area contributed by atoms with Crippen LogP contribution in [-0.2, 0) is 10.0 Å². The molecule has 110 valence electrons. The number of aryl methyl sites for hydroxylation is 1. The van der Waals surface area contributed by atoms with Gasteiger partial charge in [0.05, 0.1) is 4.90 Å². The zero-order chi connectivity index (χ0) is 15.5. The zero-order valence-electron chi connectivity index (χ0n) is 11.8. The molecule has 0 aliphatic rings. The number of para-hydroxylation sites is 1. The molecule has 2 aromatic carbocycles. The van der Waals surface area contributed by atoms with E-state index in [-0.39, 0.29) is 4.90 Å². The lowest BCUT2D eigenvalue weighted by molar-refractivity contribution is 0.240. The van der Waals surface area contributed by atoms with E-state index in [1.54, 1.807) is 36.4 Å². The summed E-state index contributed by atoms with van der Waals surface area (Å²) >= 11 is 0. The first-order valence-corrected chi connectivity index (χ1v) is 7.77. The molecule has 2 rings (SSSR count). The molecule has 0 atom stereocenters. The lowest BCUT2D eigenvalue weighted by atomic mass is 10.2. The Kier molecular flexibility index (Phi) is 4.28. The highest BCUT2D eigenvalue weighted by Crippen LogP contribution is 2.16. The minimum absolute atomic E-state index is 0.0822. The van der Waals surface area contributed by atoms with Gasteiger partial charge in [-0.25, -0.2) is 17.5 Å².